The van der Waals surface area contributed by atoms with Crippen LogP contribution in [-0.2, 0) is 135 Å². The van der Waals surface area contributed by atoms with Gasteiger partial charge in [-0.25, -0.2) is 8.78 Å². The van der Waals surface area contributed by atoms with Gasteiger partial charge in [0.2, 0.25) is 29.2 Å². The van der Waals surface area contributed by atoms with Crippen molar-refractivity contribution >= 4 is 23.5 Å². The number of amides is 2. The minimum Gasteiger partial charge on any atom is -0.420 e. The number of esters is 1. The number of hydrogen-bond donors (Lipinski definition) is 1. The summed E-state index contributed by atoms with van der Waals surface area (Å²) in [6, 6.07) is 15.5. The van der Waals surface area contributed by atoms with Crippen molar-refractivity contribution in [2.24, 2.45) is 0 Å². The van der Waals surface area contributed by atoms with Crippen LogP contribution in [0.1, 0.15) is 42.4 Å². The minimum atomic E-state index is -1.80. The van der Waals surface area contributed by atoms with E-state index in [4.69, 9.17) is 114 Å². The zero-order valence-electron chi connectivity index (χ0n) is 64.3. The fourth-order valence-electron chi connectivity index (χ4n) is 9.21. The number of benzene rings is 3. The van der Waals surface area contributed by atoms with Crippen molar-refractivity contribution in [3.8, 4) is 17.6 Å². The van der Waals surface area contributed by atoms with Gasteiger partial charge in [0.15, 0.2) is 11.6 Å². The number of nitrogens with one attached hydrogen (secondary N) is 1. The van der Waals surface area contributed by atoms with Crippen LogP contribution in [0.3, 0.4) is 0 Å². The number of fused-ring (bicyclic) bond motifs is 2. The first kappa shape index (κ1) is 97.8. The van der Waals surface area contributed by atoms with E-state index < -0.39 is 41.4 Å². The molecular formula is C77H118F4N2O28. The minimum absolute atomic E-state index is 0.0156. The van der Waals surface area contributed by atoms with Crippen LogP contribution in [0.4, 0.5) is 23.2 Å². The number of para-hydroxylation sites is 1. The van der Waals surface area contributed by atoms with Crippen molar-refractivity contribution in [2.75, 3.05) is 329 Å². The van der Waals surface area contributed by atoms with Crippen LogP contribution in [0.2, 0.25) is 0 Å². The van der Waals surface area contributed by atoms with Gasteiger partial charge in [-0.2, -0.15) is 8.78 Å². The molecule has 34 heteroatoms. The third-order valence-electron chi connectivity index (χ3n) is 14.8. The Balaban J connectivity index is 0.702. The average molecular weight is 1600 g/mol. The number of carbonyl (C=O) groups is 3. The van der Waals surface area contributed by atoms with Crippen LogP contribution >= 0.6 is 0 Å². The van der Waals surface area contributed by atoms with Crippen molar-refractivity contribution in [1.29, 1.82) is 0 Å². The molecule has 0 atom stereocenters. The molecule has 632 valence electrons. The van der Waals surface area contributed by atoms with Gasteiger partial charge in [-0.05, 0) is 30.2 Å². The molecule has 0 fully saturated rings. The second-order valence-electron chi connectivity index (χ2n) is 23.3. The molecule has 0 aromatic heterocycles. The largest absolute Gasteiger partial charge is 0.420 e. The lowest BCUT2D eigenvalue weighted by Crippen LogP contribution is -2.32. The molecule has 2 amide bonds. The maximum atomic E-state index is 13.6. The Morgan fingerprint density at radius 1 is 0.315 bits per heavy atom. The van der Waals surface area contributed by atoms with E-state index in [1.54, 1.807) is 4.90 Å². The molecule has 1 aliphatic rings. The summed E-state index contributed by atoms with van der Waals surface area (Å²) in [5.41, 5.74) is 3.49. The van der Waals surface area contributed by atoms with Gasteiger partial charge < -0.3 is 129 Å². The second kappa shape index (κ2) is 72.1. The van der Waals surface area contributed by atoms with Gasteiger partial charge in [0.25, 0.3) is 0 Å². The van der Waals surface area contributed by atoms with E-state index in [0.29, 0.717) is 310 Å². The van der Waals surface area contributed by atoms with Gasteiger partial charge in [-0.15, -0.1) is 0 Å². The van der Waals surface area contributed by atoms with E-state index in [1.165, 1.54) is 0 Å². The smallest absolute Gasteiger partial charge is 0.313 e. The molecule has 3 aromatic rings. The highest BCUT2D eigenvalue weighted by atomic mass is 19.2. The maximum absolute atomic E-state index is 13.6. The Morgan fingerprint density at radius 2 is 0.577 bits per heavy atom. The molecule has 1 heterocycles. The molecule has 4 rings (SSSR count). The zero-order valence-corrected chi connectivity index (χ0v) is 64.3. The van der Waals surface area contributed by atoms with Crippen LogP contribution in [-0.4, -0.2) is 341 Å². The molecule has 0 spiro atoms. The topological polar surface area (TPSA) is 297 Å². The molecule has 1 N–H and O–H groups in total. The van der Waals surface area contributed by atoms with Crippen molar-refractivity contribution in [2.45, 2.75) is 32.2 Å². The summed E-state index contributed by atoms with van der Waals surface area (Å²) in [6.45, 7) is 20.6. The molecular weight excluding hydrogens is 1480 g/mol. The summed E-state index contributed by atoms with van der Waals surface area (Å²) in [5, 5.41) is 2.85. The summed E-state index contributed by atoms with van der Waals surface area (Å²) in [4.78, 5) is 39.3. The lowest BCUT2D eigenvalue weighted by Gasteiger charge is -2.26. The molecule has 0 bridgehead atoms. The summed E-state index contributed by atoms with van der Waals surface area (Å²) in [6.07, 6.45) is 0.527. The Labute approximate surface area is 649 Å². The number of rotatable bonds is 80. The highest BCUT2D eigenvalue weighted by Gasteiger charge is 2.24. The highest BCUT2D eigenvalue weighted by molar-refractivity contribution is 5.95. The lowest BCUT2D eigenvalue weighted by atomic mass is 10.0. The lowest BCUT2D eigenvalue weighted by molar-refractivity contribution is -0.136. The van der Waals surface area contributed by atoms with Crippen LogP contribution in [0, 0.1) is 35.1 Å². The first-order chi connectivity index (χ1) is 54.7. The molecule has 30 nitrogen and oxygen atoms in total. The maximum Gasteiger partial charge on any atom is 0.313 e. The quantitative estimate of drug-likeness (QED) is 0.0190. The van der Waals surface area contributed by atoms with Crippen molar-refractivity contribution in [1.82, 2.24) is 5.32 Å². The van der Waals surface area contributed by atoms with E-state index in [2.05, 4.69) is 21.9 Å². The van der Waals surface area contributed by atoms with E-state index in [1.807, 2.05) is 48.5 Å². The normalized spacial score (nSPS) is 11.9. The molecule has 0 saturated heterocycles. The third kappa shape index (κ3) is 54.7. The van der Waals surface area contributed by atoms with Crippen LogP contribution in [0.25, 0.3) is 0 Å². The fraction of sp³-hybridized carbons (Fsp3) is 0.701. The van der Waals surface area contributed by atoms with Gasteiger partial charge in [0.05, 0.1) is 336 Å². The molecule has 0 aliphatic carbocycles. The summed E-state index contributed by atoms with van der Waals surface area (Å²) in [5.74, 6) is -3.25. The number of carbonyl (C=O) groups excluding carboxylic acids is 3. The van der Waals surface area contributed by atoms with E-state index in [9.17, 15) is 31.9 Å². The first-order valence-electron chi connectivity index (χ1n) is 37.9. The SMILES string of the molecule is O=C(CCCC(=O)N1Cc2ccccc2C#Cc2ccccc21)NCCOCCOCCOCCOCCOCCOCCOCCOCCOCCOCCOCCOCCOCCOCCOCCOCCOCCOCCOCCOCCOCCOCCOCCOCCC(=O)Oc1c(F)c(F)cc(F)c1F. The first-order valence-corrected chi connectivity index (χ1v) is 37.9. The molecule has 3 aromatic carbocycles. The standard InChI is InChI=1S/C77H118F4N2O28/c78-69-64-70(79)76(81)77(75(69)80)111-74(86)14-16-87-18-20-89-22-24-91-26-28-93-30-32-95-34-36-97-38-40-99-42-44-101-46-48-103-50-52-105-54-56-107-58-60-109-62-63-110-61-59-108-57-55-106-53-51-104-49-47-102-45-43-100-41-39-98-37-35-96-33-31-94-29-27-92-25-23-90-21-19-88-17-15-82-72(84)10-5-11-73(85)83-65-68-8-2-1-6-66(68)12-13-67-7-3-4-9-71(67)83/h1-4,6-9,64H,5,10-11,14-63,65H2,(H,82,84). The number of halogens is 4. The predicted molar refractivity (Wildman–Crippen MR) is 393 cm³/mol. The highest BCUT2D eigenvalue weighted by Crippen LogP contribution is 2.28. The number of anilines is 1. The van der Waals surface area contributed by atoms with Gasteiger partial charge in [0.1, 0.15) is 0 Å². The predicted octanol–water partition coefficient (Wildman–Crippen LogP) is 5.17. The van der Waals surface area contributed by atoms with Gasteiger partial charge >= 0.3 is 5.97 Å². The van der Waals surface area contributed by atoms with E-state index >= 15 is 0 Å². The van der Waals surface area contributed by atoms with E-state index in [-0.39, 0.29) is 57.1 Å². The molecule has 1 aliphatic heterocycles. The van der Waals surface area contributed by atoms with Crippen molar-refractivity contribution in [3.05, 3.63) is 94.6 Å². The molecule has 0 unspecified atom stereocenters. The van der Waals surface area contributed by atoms with Gasteiger partial charge in [-0.1, -0.05) is 42.2 Å². The molecule has 111 heavy (non-hydrogen) atoms. The summed E-state index contributed by atoms with van der Waals surface area (Å²) < 4.78 is 190. The Bertz CT molecular complexity index is 2790. The third-order valence-corrected chi connectivity index (χ3v) is 14.8. The Morgan fingerprint density at radius 3 is 0.892 bits per heavy atom. The van der Waals surface area contributed by atoms with Crippen molar-refractivity contribution < 1.29 is 150 Å². The Hall–Kier alpha value is -5.61. The van der Waals surface area contributed by atoms with Crippen LogP contribution < -0.4 is 15.0 Å². The zero-order chi connectivity index (χ0) is 78.9. The second-order valence-corrected chi connectivity index (χ2v) is 23.3. The fourth-order valence-corrected chi connectivity index (χ4v) is 9.21. The average Bonchev–Trinajstić information content (AvgIpc) is 0.816. The van der Waals surface area contributed by atoms with Crippen molar-refractivity contribution in [3.63, 3.8) is 0 Å². The summed E-state index contributed by atoms with van der Waals surface area (Å²) in [7, 11) is 0. The Kier molecular flexibility index (Phi) is 63.5. The molecule has 0 radical (unpaired) electrons. The molecule has 0 saturated carbocycles. The monoisotopic (exact) mass is 1590 g/mol. The number of hydrogen-bond acceptors (Lipinski definition) is 28. The van der Waals surface area contributed by atoms with Gasteiger partial charge in [0, 0.05) is 36.6 Å². The number of ether oxygens (including phenoxy) is 25. The van der Waals surface area contributed by atoms with Crippen LogP contribution in [0.5, 0.6) is 5.75 Å². The summed E-state index contributed by atoms with van der Waals surface area (Å²) >= 11 is 0. The van der Waals surface area contributed by atoms with E-state index in [0.717, 1.165) is 22.4 Å². The number of nitrogens with zero attached hydrogens (tertiary/aromatic N) is 1. The van der Waals surface area contributed by atoms with Gasteiger partial charge in [-0.3, -0.25) is 14.4 Å². The van der Waals surface area contributed by atoms with Crippen LogP contribution in [0.15, 0.2) is 54.6 Å².